The van der Waals surface area contributed by atoms with Crippen LogP contribution in [-0.2, 0) is 4.74 Å². The number of aliphatic hydroxyl groups is 1. The molecule has 3 saturated carbocycles. The molecular weight excluding hydrogens is 368 g/mol. The van der Waals surface area contributed by atoms with Gasteiger partial charge in [-0.25, -0.2) is 0 Å². The van der Waals surface area contributed by atoms with Crippen LogP contribution >= 0.6 is 0 Å². The third-order valence-electron chi connectivity index (χ3n) is 10.4. The highest BCUT2D eigenvalue weighted by molar-refractivity contribution is 5.38. The minimum atomic E-state index is -0.0552. The summed E-state index contributed by atoms with van der Waals surface area (Å²) in [4.78, 5) is 0. The van der Waals surface area contributed by atoms with Crippen molar-refractivity contribution >= 4 is 0 Å². The first-order chi connectivity index (χ1) is 14.2. The Morgan fingerprint density at radius 3 is 2.50 bits per heavy atom. The van der Waals surface area contributed by atoms with E-state index in [1.54, 1.807) is 5.57 Å². The molecule has 2 nitrogen and oxygen atoms in total. The topological polar surface area (TPSA) is 29.5 Å². The highest BCUT2D eigenvalue weighted by atomic mass is 16.5. The molecule has 0 aromatic rings. The smallest absolute Gasteiger partial charge is 0.0792 e. The van der Waals surface area contributed by atoms with Gasteiger partial charge in [-0.15, -0.1) is 0 Å². The van der Waals surface area contributed by atoms with Crippen molar-refractivity contribution in [2.24, 2.45) is 40.4 Å². The molecular formula is C28H48O2. The number of aliphatic hydroxyl groups excluding tert-OH is 1. The molecule has 3 fully saturated rings. The maximum Gasteiger partial charge on any atom is 0.0792 e. The molecule has 0 bridgehead atoms. The van der Waals surface area contributed by atoms with Crippen LogP contribution in [0.4, 0.5) is 0 Å². The van der Waals surface area contributed by atoms with Crippen molar-refractivity contribution in [3.8, 4) is 0 Å². The number of fused-ring (bicyclic) bond motifs is 4. The van der Waals surface area contributed by atoms with Crippen LogP contribution in [0.3, 0.4) is 0 Å². The van der Waals surface area contributed by atoms with Gasteiger partial charge in [0.25, 0.3) is 0 Å². The van der Waals surface area contributed by atoms with Crippen LogP contribution in [0.25, 0.3) is 0 Å². The minimum Gasteiger partial charge on any atom is -0.393 e. The molecule has 4 unspecified atom stereocenters. The van der Waals surface area contributed by atoms with E-state index in [1.807, 2.05) is 12.7 Å². The molecule has 172 valence electrons. The zero-order valence-electron chi connectivity index (χ0n) is 20.7. The molecule has 0 aromatic heterocycles. The fraction of sp³-hybridized carbons (Fsp3) is 0.929. The van der Waals surface area contributed by atoms with Gasteiger partial charge in [0.2, 0.25) is 0 Å². The average Bonchev–Trinajstić information content (AvgIpc) is 3.01. The lowest BCUT2D eigenvalue weighted by Gasteiger charge is -2.57. The Bertz CT molecular complexity index is 651. The van der Waals surface area contributed by atoms with Crippen molar-refractivity contribution in [3.63, 3.8) is 0 Å². The third-order valence-corrected chi connectivity index (χ3v) is 10.4. The molecule has 4 aliphatic carbocycles. The van der Waals surface area contributed by atoms with E-state index < -0.39 is 0 Å². The standard InChI is InChI=1S/C28H48O2/c1-18(2)8-7-9-19(3)24-17-25(30-6)26-22-11-10-20-16-21(29)12-14-27(20,4)23(22)13-15-28(24,26)5/h18-21,23-25,29H,7-17H2,1-6H3/t19-,20+,21+,23?,24?,25-,27?,28?/m1/s1. The molecule has 0 spiro atoms. The second-order valence-electron chi connectivity index (χ2n) is 12.5. The lowest BCUT2D eigenvalue weighted by atomic mass is 9.48. The fourth-order valence-electron chi connectivity index (χ4n) is 8.67. The first kappa shape index (κ1) is 22.8. The molecule has 30 heavy (non-hydrogen) atoms. The van der Waals surface area contributed by atoms with E-state index in [9.17, 15) is 5.11 Å². The summed E-state index contributed by atoms with van der Waals surface area (Å²) in [6, 6.07) is 0. The van der Waals surface area contributed by atoms with Gasteiger partial charge in [-0.2, -0.15) is 0 Å². The molecule has 8 atom stereocenters. The Labute approximate surface area is 186 Å². The molecule has 4 aliphatic rings. The van der Waals surface area contributed by atoms with Gasteiger partial charge >= 0.3 is 0 Å². The molecule has 2 heteroatoms. The number of ether oxygens (including phenoxy) is 1. The summed E-state index contributed by atoms with van der Waals surface area (Å²) in [7, 11) is 1.96. The van der Waals surface area contributed by atoms with Crippen LogP contribution in [0.15, 0.2) is 11.1 Å². The second-order valence-corrected chi connectivity index (χ2v) is 12.5. The van der Waals surface area contributed by atoms with Crippen molar-refractivity contribution < 1.29 is 9.84 Å². The number of hydrogen-bond donors (Lipinski definition) is 1. The Morgan fingerprint density at radius 1 is 1.03 bits per heavy atom. The minimum absolute atomic E-state index is 0.0552. The first-order valence-corrected chi connectivity index (χ1v) is 13.1. The van der Waals surface area contributed by atoms with Crippen LogP contribution in [0.2, 0.25) is 0 Å². The van der Waals surface area contributed by atoms with Crippen LogP contribution in [0.5, 0.6) is 0 Å². The van der Waals surface area contributed by atoms with Gasteiger partial charge in [0, 0.05) is 7.11 Å². The van der Waals surface area contributed by atoms with Gasteiger partial charge in [0.1, 0.15) is 0 Å². The molecule has 0 saturated heterocycles. The third kappa shape index (κ3) is 3.72. The maximum atomic E-state index is 10.3. The predicted octanol–water partition coefficient (Wildman–Crippen LogP) is 7.16. The zero-order chi connectivity index (χ0) is 21.7. The van der Waals surface area contributed by atoms with E-state index >= 15 is 0 Å². The van der Waals surface area contributed by atoms with Crippen molar-refractivity contribution in [2.45, 2.75) is 117 Å². The Hall–Kier alpha value is -0.340. The molecule has 0 amide bonds. The van der Waals surface area contributed by atoms with E-state index in [0.717, 1.165) is 36.5 Å². The quantitative estimate of drug-likeness (QED) is 0.466. The van der Waals surface area contributed by atoms with E-state index in [1.165, 1.54) is 57.8 Å². The Balaban J connectivity index is 1.61. The normalized spacial score (nSPS) is 44.6. The number of rotatable bonds is 6. The van der Waals surface area contributed by atoms with Crippen molar-refractivity contribution in [3.05, 3.63) is 11.1 Å². The average molecular weight is 417 g/mol. The van der Waals surface area contributed by atoms with Gasteiger partial charge < -0.3 is 9.84 Å². The predicted molar refractivity (Wildman–Crippen MR) is 125 cm³/mol. The monoisotopic (exact) mass is 416 g/mol. The van der Waals surface area contributed by atoms with Crippen molar-refractivity contribution in [1.82, 2.24) is 0 Å². The van der Waals surface area contributed by atoms with Crippen molar-refractivity contribution in [1.29, 1.82) is 0 Å². The second kappa shape index (κ2) is 8.54. The van der Waals surface area contributed by atoms with E-state index in [-0.39, 0.29) is 6.10 Å². The van der Waals surface area contributed by atoms with Crippen molar-refractivity contribution in [2.75, 3.05) is 7.11 Å². The van der Waals surface area contributed by atoms with Gasteiger partial charge in [0.05, 0.1) is 12.2 Å². The highest BCUT2D eigenvalue weighted by Crippen LogP contribution is 2.66. The van der Waals surface area contributed by atoms with Crippen LogP contribution in [0, 0.1) is 40.4 Å². The molecule has 0 aliphatic heterocycles. The first-order valence-electron chi connectivity index (χ1n) is 13.1. The summed E-state index contributed by atoms with van der Waals surface area (Å²) >= 11 is 0. The molecule has 0 aromatic carbocycles. The Kier molecular flexibility index (Phi) is 6.50. The SMILES string of the molecule is CO[C@@H]1CC([C@H](C)CCCC(C)C)C2(C)CCC3C(=C12)CC[C@H]1C[C@@H](O)CCC31C. The van der Waals surface area contributed by atoms with E-state index in [2.05, 4.69) is 34.6 Å². The maximum absolute atomic E-state index is 10.3. The number of methoxy groups -OCH3 is 1. The lowest BCUT2D eigenvalue weighted by Crippen LogP contribution is -2.48. The molecule has 0 radical (unpaired) electrons. The largest absolute Gasteiger partial charge is 0.393 e. The van der Waals surface area contributed by atoms with E-state index in [0.29, 0.717) is 22.9 Å². The summed E-state index contributed by atoms with van der Waals surface area (Å²) < 4.78 is 6.21. The van der Waals surface area contributed by atoms with Gasteiger partial charge in [-0.05, 0) is 97.4 Å². The highest BCUT2D eigenvalue weighted by Gasteiger charge is 2.58. The summed E-state index contributed by atoms with van der Waals surface area (Å²) in [5.74, 6) is 3.84. The summed E-state index contributed by atoms with van der Waals surface area (Å²) in [6.07, 6.45) is 14.2. The van der Waals surface area contributed by atoms with E-state index in [4.69, 9.17) is 4.74 Å². The lowest BCUT2D eigenvalue weighted by molar-refractivity contribution is -0.0388. The molecule has 4 rings (SSSR count). The number of hydrogen-bond acceptors (Lipinski definition) is 2. The molecule has 1 N–H and O–H groups in total. The van der Waals surface area contributed by atoms with Crippen LogP contribution < -0.4 is 0 Å². The summed E-state index contributed by atoms with van der Waals surface area (Å²) in [5.41, 5.74) is 4.30. The van der Waals surface area contributed by atoms with Crippen LogP contribution in [-0.4, -0.2) is 24.4 Å². The van der Waals surface area contributed by atoms with Gasteiger partial charge in [0.15, 0.2) is 0 Å². The summed E-state index contributed by atoms with van der Waals surface area (Å²) in [6.45, 7) is 12.4. The Morgan fingerprint density at radius 2 is 1.80 bits per heavy atom. The fourth-order valence-corrected chi connectivity index (χ4v) is 8.67. The summed E-state index contributed by atoms with van der Waals surface area (Å²) in [5, 5.41) is 10.3. The van der Waals surface area contributed by atoms with Gasteiger partial charge in [-0.1, -0.05) is 59.5 Å². The van der Waals surface area contributed by atoms with Crippen LogP contribution in [0.1, 0.15) is 105 Å². The zero-order valence-corrected chi connectivity index (χ0v) is 20.7. The number of allylic oxidation sites excluding steroid dienone is 1. The molecule has 0 heterocycles. The van der Waals surface area contributed by atoms with Gasteiger partial charge in [-0.3, -0.25) is 0 Å².